The van der Waals surface area contributed by atoms with Crippen molar-refractivity contribution in [3.63, 3.8) is 0 Å². The highest BCUT2D eigenvalue weighted by atomic mass is 16.1. The first-order valence-electron chi connectivity index (χ1n) is 5.41. The summed E-state index contributed by atoms with van der Waals surface area (Å²) in [4.78, 5) is 11.5. The van der Waals surface area contributed by atoms with Crippen LogP contribution in [0.4, 0.5) is 5.69 Å². The quantitative estimate of drug-likeness (QED) is 0.608. The molecule has 1 rings (SSSR count). The molecule has 0 aromatic heterocycles. The number of hydrogen-bond donors (Lipinski definition) is 1. The van der Waals surface area contributed by atoms with Crippen LogP contribution in [0.25, 0.3) is 0 Å². The van der Waals surface area contributed by atoms with Crippen molar-refractivity contribution in [2.75, 3.05) is 5.32 Å². The standard InChI is InChI=1S/C14H17NO/c1-4-12-6-5-7-13(10-12)15-14(16)9-8-11(2)3/h5-7,9-10H,4H2,1-3H3,(H,15,16). The molecule has 0 aliphatic carbocycles. The van der Waals surface area contributed by atoms with E-state index >= 15 is 0 Å². The fraction of sp³-hybridized carbons (Fsp3) is 0.286. The van der Waals surface area contributed by atoms with Gasteiger partial charge in [0.2, 0.25) is 0 Å². The summed E-state index contributed by atoms with van der Waals surface area (Å²) >= 11 is 0. The summed E-state index contributed by atoms with van der Waals surface area (Å²) in [6.07, 6.45) is 2.39. The zero-order chi connectivity index (χ0) is 12.0. The van der Waals surface area contributed by atoms with Gasteiger partial charge in [-0.05, 0) is 43.5 Å². The van der Waals surface area contributed by atoms with Crippen LogP contribution in [0.3, 0.4) is 0 Å². The Kier molecular flexibility index (Phi) is 4.56. The zero-order valence-corrected chi connectivity index (χ0v) is 10.0. The third-order valence-corrected chi connectivity index (χ3v) is 2.09. The van der Waals surface area contributed by atoms with E-state index in [0.29, 0.717) is 0 Å². The third kappa shape index (κ3) is 4.16. The van der Waals surface area contributed by atoms with Crippen molar-refractivity contribution in [2.45, 2.75) is 27.2 Å². The van der Waals surface area contributed by atoms with E-state index in [9.17, 15) is 4.79 Å². The van der Waals surface area contributed by atoms with Gasteiger partial charge in [-0.15, -0.1) is 5.73 Å². The van der Waals surface area contributed by atoms with Crippen LogP contribution in [0.1, 0.15) is 26.3 Å². The van der Waals surface area contributed by atoms with Gasteiger partial charge in [-0.2, -0.15) is 0 Å². The molecular formula is C14H17NO. The lowest BCUT2D eigenvalue weighted by atomic mass is 10.1. The van der Waals surface area contributed by atoms with Crippen molar-refractivity contribution in [3.8, 4) is 0 Å². The minimum absolute atomic E-state index is 0.144. The Labute approximate surface area is 96.7 Å². The molecule has 0 saturated carbocycles. The van der Waals surface area contributed by atoms with Crippen LogP contribution < -0.4 is 5.32 Å². The van der Waals surface area contributed by atoms with Gasteiger partial charge in [0.25, 0.3) is 5.91 Å². The Morgan fingerprint density at radius 3 is 2.81 bits per heavy atom. The molecule has 0 atom stereocenters. The maximum absolute atomic E-state index is 11.5. The Bertz CT molecular complexity index is 436. The van der Waals surface area contributed by atoms with Crippen molar-refractivity contribution in [3.05, 3.63) is 47.2 Å². The first-order valence-corrected chi connectivity index (χ1v) is 5.41. The largest absolute Gasteiger partial charge is 0.322 e. The van der Waals surface area contributed by atoms with Crippen molar-refractivity contribution in [1.29, 1.82) is 0 Å². The molecule has 0 aliphatic rings. The lowest BCUT2D eigenvalue weighted by Gasteiger charge is -2.03. The molecule has 0 unspecified atom stereocenters. The average molecular weight is 215 g/mol. The fourth-order valence-electron chi connectivity index (χ4n) is 1.26. The molecule has 1 aromatic rings. The van der Waals surface area contributed by atoms with E-state index in [4.69, 9.17) is 0 Å². The van der Waals surface area contributed by atoms with Crippen LogP contribution in [0.15, 0.2) is 41.6 Å². The Morgan fingerprint density at radius 2 is 2.19 bits per heavy atom. The van der Waals surface area contributed by atoms with Crippen LogP contribution in [-0.4, -0.2) is 5.91 Å². The molecular weight excluding hydrogens is 198 g/mol. The molecule has 1 N–H and O–H groups in total. The second-order valence-corrected chi connectivity index (χ2v) is 3.83. The number of carbonyl (C=O) groups excluding carboxylic acids is 1. The average Bonchev–Trinajstić information content (AvgIpc) is 2.26. The minimum atomic E-state index is -0.144. The highest BCUT2D eigenvalue weighted by molar-refractivity contribution is 5.99. The van der Waals surface area contributed by atoms with Crippen LogP contribution in [0.5, 0.6) is 0 Å². The smallest absolute Gasteiger partial charge is 0.256 e. The summed E-state index contributed by atoms with van der Waals surface area (Å²) in [6, 6.07) is 7.85. The predicted molar refractivity (Wildman–Crippen MR) is 67.4 cm³/mol. The normalized spacial score (nSPS) is 9.19. The van der Waals surface area contributed by atoms with Gasteiger partial charge in [-0.1, -0.05) is 19.1 Å². The van der Waals surface area contributed by atoms with Crippen LogP contribution in [0.2, 0.25) is 0 Å². The summed E-state index contributed by atoms with van der Waals surface area (Å²) in [5.74, 6) is -0.144. The van der Waals surface area contributed by atoms with E-state index in [1.165, 1.54) is 11.6 Å². The predicted octanol–water partition coefficient (Wildman–Crippen LogP) is 3.31. The summed E-state index contributed by atoms with van der Waals surface area (Å²) in [7, 11) is 0. The number of rotatable bonds is 3. The molecule has 2 nitrogen and oxygen atoms in total. The molecule has 2 heteroatoms. The molecule has 0 saturated heterocycles. The van der Waals surface area contributed by atoms with E-state index in [0.717, 1.165) is 17.7 Å². The number of amides is 1. The summed E-state index contributed by atoms with van der Waals surface area (Å²) in [5, 5.41) is 2.80. The van der Waals surface area contributed by atoms with E-state index in [1.54, 1.807) is 0 Å². The maximum Gasteiger partial charge on any atom is 0.256 e. The third-order valence-electron chi connectivity index (χ3n) is 2.09. The Hall–Kier alpha value is -1.79. The SMILES string of the molecule is CCc1cccc(NC(=O)C=C=C(C)C)c1. The summed E-state index contributed by atoms with van der Waals surface area (Å²) < 4.78 is 0. The summed E-state index contributed by atoms with van der Waals surface area (Å²) in [6.45, 7) is 5.90. The molecule has 0 spiro atoms. The molecule has 0 heterocycles. The van der Waals surface area contributed by atoms with Gasteiger partial charge in [0.15, 0.2) is 0 Å². The Morgan fingerprint density at radius 1 is 1.44 bits per heavy atom. The number of nitrogens with one attached hydrogen (secondary N) is 1. The molecule has 1 amide bonds. The van der Waals surface area contributed by atoms with Gasteiger partial charge in [-0.3, -0.25) is 4.79 Å². The molecule has 0 bridgehead atoms. The van der Waals surface area contributed by atoms with Crippen molar-refractivity contribution < 1.29 is 4.79 Å². The van der Waals surface area contributed by atoms with Crippen molar-refractivity contribution >= 4 is 11.6 Å². The number of anilines is 1. The molecule has 84 valence electrons. The van der Waals surface area contributed by atoms with Gasteiger partial charge < -0.3 is 5.32 Å². The van der Waals surface area contributed by atoms with E-state index in [1.807, 2.05) is 38.1 Å². The first-order chi connectivity index (χ1) is 7.61. The van der Waals surface area contributed by atoms with Gasteiger partial charge >= 0.3 is 0 Å². The maximum atomic E-state index is 11.5. The second-order valence-electron chi connectivity index (χ2n) is 3.83. The number of benzene rings is 1. The highest BCUT2D eigenvalue weighted by Gasteiger charge is 1.97. The van der Waals surface area contributed by atoms with E-state index in [-0.39, 0.29) is 5.91 Å². The molecule has 0 fully saturated rings. The van der Waals surface area contributed by atoms with Gasteiger partial charge in [-0.25, -0.2) is 0 Å². The van der Waals surface area contributed by atoms with Crippen LogP contribution in [0, 0.1) is 0 Å². The van der Waals surface area contributed by atoms with Crippen LogP contribution >= 0.6 is 0 Å². The topological polar surface area (TPSA) is 29.1 Å². The molecule has 16 heavy (non-hydrogen) atoms. The molecule has 0 radical (unpaired) electrons. The van der Waals surface area contributed by atoms with Gasteiger partial charge in [0.1, 0.15) is 0 Å². The number of aryl methyl sites for hydroxylation is 1. The van der Waals surface area contributed by atoms with Crippen molar-refractivity contribution in [1.82, 2.24) is 0 Å². The molecule has 1 aromatic carbocycles. The number of hydrogen-bond acceptors (Lipinski definition) is 1. The second kappa shape index (κ2) is 5.94. The minimum Gasteiger partial charge on any atom is -0.322 e. The molecule has 0 aliphatic heterocycles. The van der Waals surface area contributed by atoms with E-state index < -0.39 is 0 Å². The summed E-state index contributed by atoms with van der Waals surface area (Å²) in [5.41, 5.74) is 5.90. The van der Waals surface area contributed by atoms with Crippen LogP contribution in [-0.2, 0) is 11.2 Å². The van der Waals surface area contributed by atoms with E-state index in [2.05, 4.69) is 18.0 Å². The van der Waals surface area contributed by atoms with Gasteiger partial charge in [0.05, 0.1) is 0 Å². The Balaban J connectivity index is 2.73. The monoisotopic (exact) mass is 215 g/mol. The zero-order valence-electron chi connectivity index (χ0n) is 10.0. The van der Waals surface area contributed by atoms with Crippen molar-refractivity contribution in [2.24, 2.45) is 0 Å². The first kappa shape index (κ1) is 12.3. The fourth-order valence-corrected chi connectivity index (χ4v) is 1.26. The lowest BCUT2D eigenvalue weighted by Crippen LogP contribution is -2.07. The highest BCUT2D eigenvalue weighted by Crippen LogP contribution is 2.10. The lowest BCUT2D eigenvalue weighted by molar-refractivity contribution is -0.111. The van der Waals surface area contributed by atoms with Gasteiger partial charge in [0, 0.05) is 11.8 Å². The number of carbonyl (C=O) groups is 1.